The number of aromatic hydroxyl groups is 1. The summed E-state index contributed by atoms with van der Waals surface area (Å²) in [6.07, 6.45) is 4.54. The molecule has 0 radical (unpaired) electrons. The van der Waals surface area contributed by atoms with E-state index in [1.807, 2.05) is 12.1 Å². The summed E-state index contributed by atoms with van der Waals surface area (Å²) in [5, 5.41) is 10.4. The number of benzene rings is 2. The van der Waals surface area contributed by atoms with Crippen LogP contribution in [0.5, 0.6) is 5.75 Å². The van der Waals surface area contributed by atoms with Crippen molar-refractivity contribution in [1.29, 1.82) is 0 Å². The van der Waals surface area contributed by atoms with Gasteiger partial charge in [-0.3, -0.25) is 0 Å². The highest BCUT2D eigenvalue weighted by molar-refractivity contribution is 5.74. The molecule has 1 N–H and O–H groups in total. The van der Waals surface area contributed by atoms with Gasteiger partial charge < -0.3 is 10.0 Å². The molecule has 2 nitrogen and oxygen atoms in total. The second kappa shape index (κ2) is 7.67. The number of nitrogens with zero attached hydrogens (tertiary/aromatic N) is 1. The summed E-state index contributed by atoms with van der Waals surface area (Å²) in [4.78, 5) is 2.23. The number of hydrogen-bond acceptors (Lipinski definition) is 2. The molecular weight excluding hydrogens is 294 g/mol. The molecule has 1 aliphatic carbocycles. The zero-order chi connectivity index (χ0) is 16.9. The molecule has 2 aromatic carbocycles. The third-order valence-electron chi connectivity index (χ3n) is 4.92. The van der Waals surface area contributed by atoms with E-state index < -0.39 is 0 Å². The minimum Gasteiger partial charge on any atom is -0.507 e. The van der Waals surface area contributed by atoms with Crippen molar-refractivity contribution in [3.05, 3.63) is 71.3 Å². The van der Waals surface area contributed by atoms with Gasteiger partial charge in [0.05, 0.1) is 0 Å². The molecule has 2 aromatic rings. The molecule has 0 aliphatic heterocycles. The highest BCUT2D eigenvalue weighted by atomic mass is 16.3. The molecule has 0 aromatic heterocycles. The fourth-order valence-corrected chi connectivity index (χ4v) is 3.80. The summed E-state index contributed by atoms with van der Waals surface area (Å²) < 4.78 is 0. The zero-order valence-corrected chi connectivity index (χ0v) is 14.7. The van der Waals surface area contributed by atoms with Crippen molar-refractivity contribution >= 4 is 5.57 Å². The lowest BCUT2D eigenvalue weighted by atomic mass is 9.86. The Morgan fingerprint density at radius 1 is 1.00 bits per heavy atom. The normalized spacial score (nSPS) is 18.7. The first-order valence-corrected chi connectivity index (χ1v) is 8.84. The average Bonchev–Trinajstić information content (AvgIpc) is 2.78. The van der Waals surface area contributed by atoms with Crippen LogP contribution in [0, 0.1) is 0 Å². The van der Waals surface area contributed by atoms with E-state index in [2.05, 4.69) is 55.4 Å². The smallest absolute Gasteiger partial charge is 0.123 e. The first-order valence-electron chi connectivity index (χ1n) is 8.84. The fraction of sp³-hybridized carbons (Fsp3) is 0.364. The van der Waals surface area contributed by atoms with Gasteiger partial charge in [-0.25, -0.2) is 0 Å². The van der Waals surface area contributed by atoms with Crippen LogP contribution >= 0.6 is 0 Å². The first-order chi connectivity index (χ1) is 11.6. The molecule has 126 valence electrons. The largest absolute Gasteiger partial charge is 0.507 e. The van der Waals surface area contributed by atoms with E-state index in [4.69, 9.17) is 0 Å². The van der Waals surface area contributed by atoms with E-state index >= 15 is 0 Å². The summed E-state index contributed by atoms with van der Waals surface area (Å²) in [6.45, 7) is 0.963. The quantitative estimate of drug-likeness (QED) is 0.850. The van der Waals surface area contributed by atoms with Gasteiger partial charge >= 0.3 is 0 Å². The molecule has 1 aliphatic rings. The van der Waals surface area contributed by atoms with E-state index in [1.165, 1.54) is 29.6 Å². The molecule has 0 amide bonds. The van der Waals surface area contributed by atoms with Gasteiger partial charge in [-0.05, 0) is 62.9 Å². The van der Waals surface area contributed by atoms with Crippen LogP contribution in [0.2, 0.25) is 0 Å². The standard InChI is InChI=1S/C22H27NO/c1-23(2)16-19-12-8-11-18(17-9-4-3-5-10-17)15-21(19)20-13-6-7-14-22(20)24/h3-7,9-10,13-14,18,24H,8,11-12,15-16H2,1-2H3. The maximum Gasteiger partial charge on any atom is 0.123 e. The molecular formula is C22H27NO. The van der Waals surface area contributed by atoms with E-state index in [-0.39, 0.29) is 0 Å². The summed E-state index contributed by atoms with van der Waals surface area (Å²) in [5.74, 6) is 0.929. The van der Waals surface area contributed by atoms with Crippen LogP contribution < -0.4 is 0 Å². The Morgan fingerprint density at radius 2 is 1.71 bits per heavy atom. The van der Waals surface area contributed by atoms with Gasteiger partial charge in [0.25, 0.3) is 0 Å². The lowest BCUT2D eigenvalue weighted by Crippen LogP contribution is -2.16. The van der Waals surface area contributed by atoms with Crippen LogP contribution in [-0.2, 0) is 0 Å². The van der Waals surface area contributed by atoms with E-state index in [9.17, 15) is 5.11 Å². The van der Waals surface area contributed by atoms with Crippen molar-refractivity contribution < 1.29 is 5.11 Å². The second-order valence-electron chi connectivity index (χ2n) is 7.04. The second-order valence-corrected chi connectivity index (χ2v) is 7.04. The maximum atomic E-state index is 10.4. The minimum atomic E-state index is 0.400. The van der Waals surface area contributed by atoms with Gasteiger partial charge in [-0.15, -0.1) is 0 Å². The molecule has 24 heavy (non-hydrogen) atoms. The van der Waals surface area contributed by atoms with Crippen molar-refractivity contribution in [2.75, 3.05) is 20.6 Å². The van der Waals surface area contributed by atoms with Crippen LogP contribution in [0.1, 0.15) is 42.7 Å². The fourth-order valence-electron chi connectivity index (χ4n) is 3.80. The Labute approximate surface area is 145 Å². The predicted octanol–water partition coefficient (Wildman–Crippen LogP) is 5.07. The Balaban J connectivity index is 2.01. The molecule has 0 fully saturated rings. The SMILES string of the molecule is CN(C)CC1=C(c2ccccc2O)CC(c2ccccc2)CCC1. The number of phenols is 1. The lowest BCUT2D eigenvalue weighted by Gasteiger charge is -2.20. The third kappa shape index (κ3) is 3.88. The highest BCUT2D eigenvalue weighted by Gasteiger charge is 2.23. The number of rotatable bonds is 4. The first kappa shape index (κ1) is 16.8. The van der Waals surface area contributed by atoms with Gasteiger partial charge in [0.15, 0.2) is 0 Å². The summed E-state index contributed by atoms with van der Waals surface area (Å²) in [7, 11) is 4.24. The van der Waals surface area contributed by atoms with Gasteiger partial charge in [0, 0.05) is 12.1 Å². The molecule has 1 atom stereocenters. The molecule has 0 heterocycles. The Kier molecular flexibility index (Phi) is 5.37. The Hall–Kier alpha value is -2.06. The van der Waals surface area contributed by atoms with Crippen molar-refractivity contribution in [1.82, 2.24) is 4.90 Å². The monoisotopic (exact) mass is 321 g/mol. The maximum absolute atomic E-state index is 10.4. The molecule has 2 heteroatoms. The molecule has 0 saturated carbocycles. The van der Waals surface area contributed by atoms with E-state index in [1.54, 1.807) is 6.07 Å². The number of phenolic OH excluding ortho intramolecular Hbond substituents is 1. The highest BCUT2D eigenvalue weighted by Crippen LogP contribution is 2.41. The van der Waals surface area contributed by atoms with Crippen molar-refractivity contribution in [2.24, 2.45) is 0 Å². The average molecular weight is 321 g/mol. The van der Waals surface area contributed by atoms with E-state index in [0.29, 0.717) is 11.7 Å². The van der Waals surface area contributed by atoms with E-state index in [0.717, 1.165) is 24.9 Å². The van der Waals surface area contributed by atoms with Crippen LogP contribution in [0.3, 0.4) is 0 Å². The molecule has 0 bridgehead atoms. The number of hydrogen-bond donors (Lipinski definition) is 1. The zero-order valence-electron chi connectivity index (χ0n) is 14.7. The van der Waals surface area contributed by atoms with Crippen LogP contribution in [0.15, 0.2) is 60.2 Å². The van der Waals surface area contributed by atoms with Crippen LogP contribution in [-0.4, -0.2) is 30.6 Å². The Morgan fingerprint density at radius 3 is 2.42 bits per heavy atom. The molecule has 0 saturated heterocycles. The topological polar surface area (TPSA) is 23.5 Å². The van der Waals surface area contributed by atoms with Gasteiger partial charge in [-0.2, -0.15) is 0 Å². The van der Waals surface area contributed by atoms with Crippen LogP contribution in [0.4, 0.5) is 0 Å². The van der Waals surface area contributed by atoms with Crippen LogP contribution in [0.25, 0.3) is 5.57 Å². The summed E-state index contributed by atoms with van der Waals surface area (Å²) in [5.41, 5.74) is 5.24. The predicted molar refractivity (Wildman–Crippen MR) is 101 cm³/mol. The lowest BCUT2D eigenvalue weighted by molar-refractivity contribution is 0.438. The van der Waals surface area contributed by atoms with Crippen molar-refractivity contribution in [3.63, 3.8) is 0 Å². The molecule has 3 rings (SSSR count). The molecule has 1 unspecified atom stereocenters. The van der Waals surface area contributed by atoms with Gasteiger partial charge in [0.2, 0.25) is 0 Å². The number of para-hydroxylation sites is 1. The van der Waals surface area contributed by atoms with Gasteiger partial charge in [0.1, 0.15) is 5.75 Å². The summed E-state index contributed by atoms with van der Waals surface area (Å²) >= 11 is 0. The van der Waals surface area contributed by atoms with Crippen molar-refractivity contribution in [2.45, 2.75) is 31.6 Å². The minimum absolute atomic E-state index is 0.400. The Bertz CT molecular complexity index is 703. The summed E-state index contributed by atoms with van der Waals surface area (Å²) in [6, 6.07) is 18.6. The van der Waals surface area contributed by atoms with Gasteiger partial charge in [-0.1, -0.05) is 54.1 Å². The third-order valence-corrected chi connectivity index (χ3v) is 4.92. The number of allylic oxidation sites excluding steroid dienone is 1. The van der Waals surface area contributed by atoms with Crippen molar-refractivity contribution in [3.8, 4) is 5.75 Å². The molecule has 0 spiro atoms. The number of likely N-dealkylation sites (N-methyl/N-ethyl adjacent to an activating group) is 1.